The first kappa shape index (κ1) is 16.6. The van der Waals surface area contributed by atoms with Gasteiger partial charge in [-0.1, -0.05) is 0 Å². The molecule has 0 radical (unpaired) electrons. The molecule has 0 aliphatic carbocycles. The van der Waals surface area contributed by atoms with Crippen LogP contribution in [0.1, 0.15) is 31.2 Å². The van der Waals surface area contributed by atoms with Gasteiger partial charge < -0.3 is 19.9 Å². The van der Waals surface area contributed by atoms with E-state index in [2.05, 4.69) is 15.3 Å². The zero-order valence-corrected chi connectivity index (χ0v) is 14.9. The van der Waals surface area contributed by atoms with Crippen LogP contribution in [0.2, 0.25) is 0 Å². The molecule has 4 heterocycles. The van der Waals surface area contributed by atoms with E-state index < -0.39 is 0 Å². The van der Waals surface area contributed by atoms with Gasteiger partial charge in [0.05, 0.1) is 13.1 Å². The van der Waals surface area contributed by atoms with Crippen molar-refractivity contribution in [3.63, 3.8) is 0 Å². The maximum Gasteiger partial charge on any atom is 0.320 e. The number of rotatable bonds is 4. The van der Waals surface area contributed by atoms with Gasteiger partial charge >= 0.3 is 6.03 Å². The van der Waals surface area contributed by atoms with Crippen LogP contribution in [-0.4, -0.2) is 70.7 Å². The van der Waals surface area contributed by atoms with Crippen LogP contribution < -0.4 is 5.32 Å². The highest BCUT2D eigenvalue weighted by atomic mass is 16.5. The lowest BCUT2D eigenvalue weighted by Gasteiger charge is -2.51. The van der Waals surface area contributed by atoms with Crippen molar-refractivity contribution in [2.24, 2.45) is 5.92 Å². The van der Waals surface area contributed by atoms with Crippen molar-refractivity contribution in [1.29, 1.82) is 0 Å². The van der Waals surface area contributed by atoms with Crippen LogP contribution in [0.25, 0.3) is 0 Å². The second kappa shape index (κ2) is 6.78. The maximum atomic E-state index is 12.5. The quantitative estimate of drug-likeness (QED) is 0.902. The van der Waals surface area contributed by atoms with E-state index in [0.29, 0.717) is 11.9 Å². The van der Waals surface area contributed by atoms with Crippen molar-refractivity contribution in [3.05, 3.63) is 18.0 Å². The van der Waals surface area contributed by atoms with Crippen LogP contribution in [0.3, 0.4) is 0 Å². The largest absolute Gasteiger partial charge is 0.371 e. The molecule has 7 heteroatoms. The van der Waals surface area contributed by atoms with Gasteiger partial charge in [0.25, 0.3) is 0 Å². The van der Waals surface area contributed by atoms with Crippen LogP contribution in [-0.2, 0) is 4.74 Å². The summed E-state index contributed by atoms with van der Waals surface area (Å²) in [6.07, 6.45) is 8.00. The Morgan fingerprint density at radius 3 is 2.72 bits per heavy atom. The number of hydrogen-bond acceptors (Lipinski definition) is 5. The number of nitrogens with one attached hydrogen (secondary N) is 1. The molecule has 0 saturated carbocycles. The summed E-state index contributed by atoms with van der Waals surface area (Å²) in [5.41, 5.74) is 0.941. The molecule has 0 aromatic carbocycles. The number of nitrogens with zero attached hydrogens (tertiary/aromatic N) is 4. The number of urea groups is 1. The predicted molar refractivity (Wildman–Crippen MR) is 94.4 cm³/mol. The molecule has 2 amide bonds. The average Bonchev–Trinajstić information content (AvgIpc) is 3.24. The van der Waals surface area contributed by atoms with Gasteiger partial charge in [-0.25, -0.2) is 14.8 Å². The summed E-state index contributed by atoms with van der Waals surface area (Å²) >= 11 is 0. The van der Waals surface area contributed by atoms with Crippen molar-refractivity contribution in [2.75, 3.05) is 44.6 Å². The molecule has 1 atom stereocenters. The SMILES string of the molecule is Cc1cnc(NCC[C@@H]2CCOC23CN(C(=O)N2CCCC2)C3)nc1. The molecule has 3 fully saturated rings. The third-order valence-corrected chi connectivity index (χ3v) is 5.72. The standard InChI is InChI=1S/C18H27N5O2/c1-14-10-20-16(21-11-14)19-6-4-15-5-9-25-18(15)12-23(13-18)17(24)22-7-2-3-8-22/h10-11,15H,2-9,12-13H2,1H3,(H,19,20,21)/t15-/m1/s1. The molecule has 0 bridgehead atoms. The summed E-state index contributed by atoms with van der Waals surface area (Å²) in [7, 11) is 0. The van der Waals surface area contributed by atoms with Gasteiger partial charge in [-0.15, -0.1) is 0 Å². The molecule has 7 nitrogen and oxygen atoms in total. The van der Waals surface area contributed by atoms with E-state index >= 15 is 0 Å². The number of carbonyl (C=O) groups excluding carboxylic acids is 1. The van der Waals surface area contributed by atoms with E-state index in [4.69, 9.17) is 4.74 Å². The Labute approximate surface area is 148 Å². The first-order valence-corrected chi connectivity index (χ1v) is 9.37. The van der Waals surface area contributed by atoms with Crippen LogP contribution in [0.15, 0.2) is 12.4 Å². The Hall–Kier alpha value is -1.89. The Bertz CT molecular complexity index is 608. The summed E-state index contributed by atoms with van der Waals surface area (Å²) in [5, 5.41) is 3.30. The number of ether oxygens (including phenoxy) is 1. The first-order valence-electron chi connectivity index (χ1n) is 9.37. The summed E-state index contributed by atoms with van der Waals surface area (Å²) < 4.78 is 6.08. The fraction of sp³-hybridized carbons (Fsp3) is 0.722. The zero-order valence-electron chi connectivity index (χ0n) is 14.9. The van der Waals surface area contributed by atoms with Crippen molar-refractivity contribution < 1.29 is 9.53 Å². The van der Waals surface area contributed by atoms with Gasteiger partial charge in [-0.05, 0) is 44.1 Å². The molecule has 0 unspecified atom stereocenters. The zero-order chi connectivity index (χ0) is 17.3. The molecule has 1 aromatic heterocycles. The molecule has 1 N–H and O–H groups in total. The minimum absolute atomic E-state index is 0.120. The van der Waals surface area contributed by atoms with Crippen LogP contribution in [0, 0.1) is 12.8 Å². The van der Waals surface area contributed by atoms with Gasteiger partial charge in [0, 0.05) is 38.6 Å². The van der Waals surface area contributed by atoms with Gasteiger partial charge in [0.15, 0.2) is 0 Å². The number of aromatic nitrogens is 2. The Balaban J connectivity index is 1.26. The monoisotopic (exact) mass is 345 g/mol. The lowest BCUT2D eigenvalue weighted by molar-refractivity contribution is -0.118. The van der Waals surface area contributed by atoms with E-state index in [-0.39, 0.29) is 11.6 Å². The van der Waals surface area contributed by atoms with Gasteiger partial charge in [-0.3, -0.25) is 0 Å². The molecule has 25 heavy (non-hydrogen) atoms. The minimum atomic E-state index is -0.120. The van der Waals surface area contributed by atoms with Crippen molar-refractivity contribution in [1.82, 2.24) is 19.8 Å². The van der Waals surface area contributed by atoms with E-state index in [1.165, 1.54) is 0 Å². The van der Waals surface area contributed by atoms with E-state index in [1.807, 2.05) is 29.1 Å². The highest BCUT2D eigenvalue weighted by molar-refractivity contribution is 5.76. The van der Waals surface area contributed by atoms with Crippen molar-refractivity contribution in [2.45, 2.75) is 38.2 Å². The normalized spacial score (nSPS) is 24.6. The molecule has 3 saturated heterocycles. The number of hydrogen-bond donors (Lipinski definition) is 1. The van der Waals surface area contributed by atoms with E-state index in [9.17, 15) is 4.79 Å². The molecule has 3 aliphatic rings. The minimum Gasteiger partial charge on any atom is -0.371 e. The fourth-order valence-corrected chi connectivity index (χ4v) is 4.23. The Morgan fingerprint density at radius 1 is 1.28 bits per heavy atom. The van der Waals surface area contributed by atoms with E-state index in [0.717, 1.165) is 70.6 Å². The molecular weight excluding hydrogens is 318 g/mol. The Morgan fingerprint density at radius 2 is 2.00 bits per heavy atom. The number of amides is 2. The molecular formula is C18H27N5O2. The molecule has 3 aliphatic heterocycles. The third kappa shape index (κ3) is 3.29. The van der Waals surface area contributed by atoms with E-state index in [1.54, 1.807) is 0 Å². The van der Waals surface area contributed by atoms with Gasteiger partial charge in [-0.2, -0.15) is 0 Å². The number of carbonyl (C=O) groups is 1. The highest BCUT2D eigenvalue weighted by Crippen LogP contribution is 2.42. The van der Waals surface area contributed by atoms with Crippen molar-refractivity contribution >= 4 is 12.0 Å². The van der Waals surface area contributed by atoms with Gasteiger partial charge in [0.2, 0.25) is 5.95 Å². The lowest BCUT2D eigenvalue weighted by atomic mass is 9.79. The second-order valence-electron chi connectivity index (χ2n) is 7.53. The average molecular weight is 345 g/mol. The summed E-state index contributed by atoms with van der Waals surface area (Å²) in [5.74, 6) is 1.17. The number of anilines is 1. The first-order chi connectivity index (χ1) is 12.2. The Kier molecular flexibility index (Phi) is 4.50. The van der Waals surface area contributed by atoms with Crippen molar-refractivity contribution in [3.8, 4) is 0 Å². The number of aryl methyl sites for hydroxylation is 1. The summed E-state index contributed by atoms with van der Waals surface area (Å²) in [6.45, 7) is 6.92. The van der Waals surface area contributed by atoms with Gasteiger partial charge in [0.1, 0.15) is 5.60 Å². The fourth-order valence-electron chi connectivity index (χ4n) is 4.23. The smallest absolute Gasteiger partial charge is 0.320 e. The summed E-state index contributed by atoms with van der Waals surface area (Å²) in [6, 6.07) is 0.198. The molecule has 136 valence electrons. The molecule has 1 spiro atoms. The molecule has 4 rings (SSSR count). The third-order valence-electron chi connectivity index (χ3n) is 5.72. The van der Waals surface area contributed by atoms with Crippen LogP contribution >= 0.6 is 0 Å². The molecule has 1 aromatic rings. The van der Waals surface area contributed by atoms with Crippen LogP contribution in [0.5, 0.6) is 0 Å². The predicted octanol–water partition coefficient (Wildman–Crippen LogP) is 1.89. The second-order valence-corrected chi connectivity index (χ2v) is 7.53. The topological polar surface area (TPSA) is 70.6 Å². The summed E-state index contributed by atoms with van der Waals surface area (Å²) in [4.78, 5) is 25.0. The number of likely N-dealkylation sites (tertiary alicyclic amines) is 2. The van der Waals surface area contributed by atoms with Crippen LogP contribution in [0.4, 0.5) is 10.7 Å². The highest BCUT2D eigenvalue weighted by Gasteiger charge is 2.54. The maximum absolute atomic E-state index is 12.5. The lowest BCUT2D eigenvalue weighted by Crippen LogP contribution is -2.67.